The molecule has 2 saturated carbocycles. The van der Waals surface area contributed by atoms with E-state index in [4.69, 9.17) is 4.74 Å². The van der Waals surface area contributed by atoms with Gasteiger partial charge in [-0.1, -0.05) is 0 Å². The third kappa shape index (κ3) is 2.16. The third-order valence-electron chi connectivity index (χ3n) is 4.47. The maximum atomic E-state index is 12.1. The van der Waals surface area contributed by atoms with Crippen molar-refractivity contribution in [2.75, 3.05) is 7.11 Å². The lowest BCUT2D eigenvalue weighted by molar-refractivity contribution is -0.148. The van der Waals surface area contributed by atoms with Gasteiger partial charge in [0, 0.05) is 17.0 Å². The molecule has 102 valence electrons. The molecule has 0 spiro atoms. The highest BCUT2D eigenvalue weighted by atomic mass is 32.1. The monoisotopic (exact) mass is 279 g/mol. The Bertz CT molecular complexity index is 485. The molecule has 1 amide bonds. The first-order valence-electron chi connectivity index (χ1n) is 6.61. The smallest absolute Gasteiger partial charge is 0.311 e. The number of methoxy groups -OCH3 is 1. The number of fused-ring (bicyclic) bond motifs is 2. The van der Waals surface area contributed by atoms with Crippen molar-refractivity contribution in [2.24, 2.45) is 17.8 Å². The van der Waals surface area contributed by atoms with Gasteiger partial charge in [-0.15, -0.1) is 0 Å². The van der Waals surface area contributed by atoms with Crippen LogP contribution in [0.4, 0.5) is 0 Å². The van der Waals surface area contributed by atoms with E-state index in [1.54, 1.807) is 6.07 Å². The fraction of sp³-hybridized carbons (Fsp3) is 0.571. The van der Waals surface area contributed by atoms with Crippen LogP contribution in [-0.4, -0.2) is 25.0 Å². The molecule has 2 aliphatic carbocycles. The number of rotatable bonds is 3. The van der Waals surface area contributed by atoms with Gasteiger partial charge in [-0.2, -0.15) is 11.3 Å². The lowest BCUT2D eigenvalue weighted by atomic mass is 9.84. The van der Waals surface area contributed by atoms with Crippen molar-refractivity contribution in [3.05, 3.63) is 22.4 Å². The Morgan fingerprint density at radius 1 is 1.37 bits per heavy atom. The summed E-state index contributed by atoms with van der Waals surface area (Å²) < 4.78 is 4.90. The Morgan fingerprint density at radius 3 is 2.84 bits per heavy atom. The van der Waals surface area contributed by atoms with Gasteiger partial charge in [-0.25, -0.2) is 0 Å². The van der Waals surface area contributed by atoms with Crippen molar-refractivity contribution in [3.8, 4) is 0 Å². The molecule has 1 heterocycles. The van der Waals surface area contributed by atoms with Gasteiger partial charge in [0.1, 0.15) is 0 Å². The Morgan fingerprint density at radius 2 is 2.16 bits per heavy atom. The number of ether oxygens (including phenoxy) is 1. The summed E-state index contributed by atoms with van der Waals surface area (Å²) in [5.74, 6) is 0.392. The Balaban J connectivity index is 1.75. The standard InChI is InChI=1S/C14H17NO3S/c1-18-14(17)11-8-2-3-9(6-8)12(11)15-13(16)10-4-5-19-7-10/h4-5,7-9,11-12H,2-3,6H2,1H3,(H,15,16)/t8-,9-,11-,12-/m0/s1. The van der Waals surface area contributed by atoms with E-state index in [0.29, 0.717) is 17.4 Å². The normalized spacial score (nSPS) is 32.3. The quantitative estimate of drug-likeness (QED) is 0.862. The molecule has 2 aliphatic rings. The number of hydrogen-bond acceptors (Lipinski definition) is 4. The van der Waals surface area contributed by atoms with Crippen LogP contribution in [0.3, 0.4) is 0 Å². The molecule has 19 heavy (non-hydrogen) atoms. The Labute approximate surface area is 116 Å². The second kappa shape index (κ2) is 4.96. The Kier molecular flexibility index (Phi) is 3.31. The van der Waals surface area contributed by atoms with Crippen LogP contribution in [-0.2, 0) is 9.53 Å². The van der Waals surface area contributed by atoms with Crippen molar-refractivity contribution >= 4 is 23.2 Å². The van der Waals surface area contributed by atoms with E-state index in [2.05, 4.69) is 5.32 Å². The molecular formula is C14H17NO3S. The lowest BCUT2D eigenvalue weighted by Crippen LogP contribution is -2.47. The van der Waals surface area contributed by atoms with Crippen LogP contribution in [0.2, 0.25) is 0 Å². The largest absolute Gasteiger partial charge is 0.469 e. The van der Waals surface area contributed by atoms with Crippen molar-refractivity contribution in [3.63, 3.8) is 0 Å². The summed E-state index contributed by atoms with van der Waals surface area (Å²) >= 11 is 1.50. The molecule has 1 aromatic rings. The molecule has 4 nitrogen and oxygen atoms in total. The average molecular weight is 279 g/mol. The summed E-state index contributed by atoms with van der Waals surface area (Å²) in [5.41, 5.74) is 0.677. The predicted molar refractivity (Wildman–Crippen MR) is 71.9 cm³/mol. The maximum Gasteiger partial charge on any atom is 0.311 e. The molecule has 1 aromatic heterocycles. The molecule has 2 bridgehead atoms. The molecule has 0 aliphatic heterocycles. The lowest BCUT2D eigenvalue weighted by Gasteiger charge is -2.29. The molecule has 0 aromatic carbocycles. The van der Waals surface area contributed by atoms with E-state index < -0.39 is 0 Å². The second-order valence-corrected chi connectivity index (χ2v) is 6.17. The SMILES string of the molecule is COC(=O)[C@H]1[C@H]2CC[C@@H](C2)[C@@H]1NC(=O)c1ccsc1. The van der Waals surface area contributed by atoms with Gasteiger partial charge in [0.2, 0.25) is 0 Å². The molecule has 5 heteroatoms. The first-order chi connectivity index (χ1) is 9.20. The van der Waals surface area contributed by atoms with Gasteiger partial charge < -0.3 is 10.1 Å². The van der Waals surface area contributed by atoms with Gasteiger partial charge in [0.05, 0.1) is 13.0 Å². The van der Waals surface area contributed by atoms with Gasteiger partial charge in [0.15, 0.2) is 0 Å². The maximum absolute atomic E-state index is 12.1. The number of thiophene rings is 1. The van der Waals surface area contributed by atoms with E-state index in [-0.39, 0.29) is 23.8 Å². The average Bonchev–Trinajstić information content (AvgIpc) is 3.13. The third-order valence-corrected chi connectivity index (χ3v) is 5.15. The predicted octanol–water partition coefficient (Wildman–Crippen LogP) is 2.07. The van der Waals surface area contributed by atoms with E-state index >= 15 is 0 Å². The van der Waals surface area contributed by atoms with Crippen LogP contribution in [0.25, 0.3) is 0 Å². The molecule has 3 rings (SSSR count). The van der Waals surface area contributed by atoms with Gasteiger partial charge in [-0.3, -0.25) is 9.59 Å². The summed E-state index contributed by atoms with van der Waals surface area (Å²) in [6.07, 6.45) is 3.22. The number of amides is 1. The highest BCUT2D eigenvalue weighted by Gasteiger charge is 2.52. The van der Waals surface area contributed by atoms with Crippen LogP contribution in [0, 0.1) is 17.8 Å². The number of hydrogen-bond donors (Lipinski definition) is 1. The highest BCUT2D eigenvalue weighted by Crippen LogP contribution is 2.49. The summed E-state index contributed by atoms with van der Waals surface area (Å²) in [6.45, 7) is 0. The molecule has 0 saturated heterocycles. The molecule has 0 unspecified atom stereocenters. The highest BCUT2D eigenvalue weighted by molar-refractivity contribution is 7.08. The fourth-order valence-corrected chi connectivity index (χ4v) is 4.24. The van der Waals surface area contributed by atoms with Gasteiger partial charge in [0.25, 0.3) is 5.91 Å². The molecular weight excluding hydrogens is 262 g/mol. The topological polar surface area (TPSA) is 55.4 Å². The van der Waals surface area contributed by atoms with Crippen molar-refractivity contribution < 1.29 is 14.3 Å². The fourth-order valence-electron chi connectivity index (χ4n) is 3.60. The first kappa shape index (κ1) is 12.7. The zero-order chi connectivity index (χ0) is 13.4. The summed E-state index contributed by atoms with van der Waals surface area (Å²) in [4.78, 5) is 24.0. The van der Waals surface area contributed by atoms with Crippen molar-refractivity contribution in [1.29, 1.82) is 0 Å². The van der Waals surface area contributed by atoms with Gasteiger partial charge >= 0.3 is 5.97 Å². The second-order valence-electron chi connectivity index (χ2n) is 5.39. The number of carbonyl (C=O) groups is 2. The molecule has 0 radical (unpaired) electrons. The first-order valence-corrected chi connectivity index (χ1v) is 7.56. The zero-order valence-electron chi connectivity index (χ0n) is 10.8. The summed E-state index contributed by atoms with van der Waals surface area (Å²) in [5, 5.41) is 6.76. The van der Waals surface area contributed by atoms with E-state index in [1.165, 1.54) is 18.4 Å². The molecule has 4 atom stereocenters. The van der Waals surface area contributed by atoms with E-state index in [9.17, 15) is 9.59 Å². The van der Waals surface area contributed by atoms with E-state index in [0.717, 1.165) is 19.3 Å². The van der Waals surface area contributed by atoms with Crippen LogP contribution < -0.4 is 5.32 Å². The molecule has 1 N–H and O–H groups in total. The number of esters is 1. The van der Waals surface area contributed by atoms with Crippen LogP contribution in [0.1, 0.15) is 29.6 Å². The zero-order valence-corrected chi connectivity index (χ0v) is 11.6. The number of carbonyl (C=O) groups excluding carboxylic acids is 2. The minimum atomic E-state index is -0.178. The van der Waals surface area contributed by atoms with Crippen LogP contribution in [0.5, 0.6) is 0 Å². The molecule has 2 fully saturated rings. The van der Waals surface area contributed by atoms with Crippen molar-refractivity contribution in [1.82, 2.24) is 5.32 Å². The van der Waals surface area contributed by atoms with E-state index in [1.807, 2.05) is 10.8 Å². The minimum absolute atomic E-state index is 0.0569. The van der Waals surface area contributed by atoms with Crippen molar-refractivity contribution in [2.45, 2.75) is 25.3 Å². The number of nitrogens with one attached hydrogen (secondary N) is 1. The Hall–Kier alpha value is -1.36. The van der Waals surface area contributed by atoms with Crippen LogP contribution in [0.15, 0.2) is 16.8 Å². The van der Waals surface area contributed by atoms with Crippen LogP contribution >= 0.6 is 11.3 Å². The minimum Gasteiger partial charge on any atom is -0.469 e. The van der Waals surface area contributed by atoms with Gasteiger partial charge in [-0.05, 0) is 42.5 Å². The summed E-state index contributed by atoms with van der Waals surface area (Å²) in [7, 11) is 1.42. The summed E-state index contributed by atoms with van der Waals surface area (Å²) in [6, 6.07) is 1.75.